The predicted molar refractivity (Wildman–Crippen MR) is 101 cm³/mol. The van der Waals surface area contributed by atoms with Crippen LogP contribution in [0.15, 0.2) is 42.5 Å². The summed E-state index contributed by atoms with van der Waals surface area (Å²) in [6, 6.07) is 13.3. The van der Waals surface area contributed by atoms with Crippen molar-refractivity contribution < 1.29 is 14.3 Å². The molecule has 3 rings (SSSR count). The van der Waals surface area contributed by atoms with Crippen LogP contribution in [0.25, 0.3) is 10.8 Å². The smallest absolute Gasteiger partial charge is 0.269 e. The summed E-state index contributed by atoms with van der Waals surface area (Å²) in [5, 5.41) is 2.06. The van der Waals surface area contributed by atoms with Gasteiger partial charge in [-0.25, -0.2) is 0 Å². The Morgan fingerprint density at radius 3 is 2.46 bits per heavy atom. The number of morpholine rings is 1. The Morgan fingerprint density at radius 1 is 1.04 bits per heavy atom. The van der Waals surface area contributed by atoms with Gasteiger partial charge >= 0.3 is 0 Å². The van der Waals surface area contributed by atoms with Gasteiger partial charge < -0.3 is 4.74 Å². The SMILES string of the molecule is C[C@@H]1CN(CCC(=O)NNC(=O)c2ccc3ccccc3c2)C[C@@H](C)O1. The molecule has 2 atom stereocenters. The van der Waals surface area contributed by atoms with Crippen molar-refractivity contribution in [1.82, 2.24) is 15.8 Å². The zero-order valence-corrected chi connectivity index (χ0v) is 15.2. The van der Waals surface area contributed by atoms with Crippen LogP contribution in [0.1, 0.15) is 30.6 Å². The Bertz CT molecular complexity index is 783. The minimum atomic E-state index is -0.322. The van der Waals surface area contributed by atoms with E-state index in [0.29, 0.717) is 18.5 Å². The van der Waals surface area contributed by atoms with Gasteiger partial charge in [-0.3, -0.25) is 25.3 Å². The zero-order chi connectivity index (χ0) is 18.5. The summed E-state index contributed by atoms with van der Waals surface area (Å²) in [6.45, 7) is 6.36. The number of ether oxygens (including phenoxy) is 1. The van der Waals surface area contributed by atoms with Gasteiger partial charge in [0.15, 0.2) is 0 Å². The largest absolute Gasteiger partial charge is 0.373 e. The lowest BCUT2D eigenvalue weighted by Crippen LogP contribution is -2.47. The molecule has 0 spiro atoms. The molecule has 1 aliphatic rings. The predicted octanol–water partition coefficient (Wildman–Crippen LogP) is 2.10. The quantitative estimate of drug-likeness (QED) is 0.824. The van der Waals surface area contributed by atoms with Gasteiger partial charge in [-0.15, -0.1) is 0 Å². The number of hydrogen-bond acceptors (Lipinski definition) is 4. The fraction of sp³-hybridized carbons (Fsp3) is 0.400. The molecule has 6 nitrogen and oxygen atoms in total. The molecule has 2 aromatic rings. The highest BCUT2D eigenvalue weighted by Crippen LogP contribution is 2.15. The van der Waals surface area contributed by atoms with E-state index in [2.05, 4.69) is 15.8 Å². The van der Waals surface area contributed by atoms with E-state index in [1.807, 2.05) is 50.2 Å². The van der Waals surface area contributed by atoms with Gasteiger partial charge in [0.25, 0.3) is 5.91 Å². The van der Waals surface area contributed by atoms with E-state index < -0.39 is 0 Å². The van der Waals surface area contributed by atoms with Crippen molar-refractivity contribution in [2.75, 3.05) is 19.6 Å². The van der Waals surface area contributed by atoms with Crippen molar-refractivity contribution in [3.05, 3.63) is 48.0 Å². The third kappa shape index (κ3) is 4.80. The van der Waals surface area contributed by atoms with Crippen LogP contribution < -0.4 is 10.9 Å². The van der Waals surface area contributed by atoms with Crippen LogP contribution >= 0.6 is 0 Å². The molecule has 0 bridgehead atoms. The van der Waals surface area contributed by atoms with E-state index >= 15 is 0 Å². The third-order valence-corrected chi connectivity index (χ3v) is 4.48. The highest BCUT2D eigenvalue weighted by atomic mass is 16.5. The summed E-state index contributed by atoms with van der Waals surface area (Å²) in [7, 11) is 0. The number of nitrogens with one attached hydrogen (secondary N) is 2. The maximum absolute atomic E-state index is 12.2. The summed E-state index contributed by atoms with van der Waals surface area (Å²) < 4.78 is 5.68. The van der Waals surface area contributed by atoms with Crippen LogP contribution in [0.2, 0.25) is 0 Å². The van der Waals surface area contributed by atoms with E-state index in [4.69, 9.17) is 4.74 Å². The van der Waals surface area contributed by atoms with E-state index in [0.717, 1.165) is 23.9 Å². The van der Waals surface area contributed by atoms with E-state index in [1.54, 1.807) is 6.07 Å². The normalized spacial score (nSPS) is 20.7. The molecule has 1 fully saturated rings. The van der Waals surface area contributed by atoms with Crippen LogP contribution in [0.4, 0.5) is 0 Å². The number of hydrogen-bond donors (Lipinski definition) is 2. The van der Waals surface area contributed by atoms with Crippen molar-refractivity contribution in [2.45, 2.75) is 32.5 Å². The van der Waals surface area contributed by atoms with Crippen LogP contribution in [-0.4, -0.2) is 48.6 Å². The number of nitrogens with zero attached hydrogens (tertiary/aromatic N) is 1. The molecule has 0 radical (unpaired) electrons. The summed E-state index contributed by atoms with van der Waals surface area (Å²) in [6.07, 6.45) is 0.682. The van der Waals surface area contributed by atoms with E-state index in [9.17, 15) is 9.59 Å². The Hall–Kier alpha value is -2.44. The first kappa shape index (κ1) is 18.4. The third-order valence-electron chi connectivity index (χ3n) is 4.48. The van der Waals surface area contributed by atoms with Crippen molar-refractivity contribution >= 4 is 22.6 Å². The number of benzene rings is 2. The molecule has 1 aliphatic heterocycles. The second-order valence-corrected chi connectivity index (χ2v) is 6.83. The second-order valence-electron chi connectivity index (χ2n) is 6.83. The summed E-state index contributed by atoms with van der Waals surface area (Å²) >= 11 is 0. The Kier molecular flexibility index (Phi) is 5.85. The first-order valence-corrected chi connectivity index (χ1v) is 8.97. The van der Waals surface area contributed by atoms with Crippen LogP contribution in [0, 0.1) is 0 Å². The molecule has 1 saturated heterocycles. The van der Waals surface area contributed by atoms with Crippen molar-refractivity contribution in [3.63, 3.8) is 0 Å². The minimum Gasteiger partial charge on any atom is -0.373 e. The highest BCUT2D eigenvalue weighted by Gasteiger charge is 2.22. The van der Waals surface area contributed by atoms with Gasteiger partial charge in [-0.05, 0) is 36.8 Å². The average molecular weight is 355 g/mol. The number of carbonyl (C=O) groups excluding carboxylic acids is 2. The fourth-order valence-electron chi connectivity index (χ4n) is 3.32. The van der Waals surface area contributed by atoms with Crippen LogP contribution in [0.5, 0.6) is 0 Å². The van der Waals surface area contributed by atoms with Gasteiger partial charge in [-0.2, -0.15) is 0 Å². The molecule has 0 aromatic heterocycles. The van der Waals surface area contributed by atoms with E-state index in [-0.39, 0.29) is 24.0 Å². The monoisotopic (exact) mass is 355 g/mol. The summed E-state index contributed by atoms with van der Waals surface area (Å²) in [5.41, 5.74) is 5.50. The van der Waals surface area contributed by atoms with Gasteiger partial charge in [0.05, 0.1) is 12.2 Å². The maximum atomic E-state index is 12.2. The molecule has 2 amide bonds. The summed E-state index contributed by atoms with van der Waals surface area (Å²) in [4.78, 5) is 26.5. The Morgan fingerprint density at radius 2 is 1.73 bits per heavy atom. The zero-order valence-electron chi connectivity index (χ0n) is 15.2. The van der Waals surface area contributed by atoms with Gasteiger partial charge in [0.1, 0.15) is 0 Å². The topological polar surface area (TPSA) is 70.7 Å². The molecule has 2 aromatic carbocycles. The maximum Gasteiger partial charge on any atom is 0.269 e. The number of carbonyl (C=O) groups is 2. The van der Waals surface area contributed by atoms with Crippen LogP contribution in [0.3, 0.4) is 0 Å². The highest BCUT2D eigenvalue weighted by molar-refractivity contribution is 5.99. The molecule has 1 heterocycles. The lowest BCUT2D eigenvalue weighted by molar-refractivity contribution is -0.123. The van der Waals surface area contributed by atoms with Gasteiger partial charge in [0, 0.05) is 31.6 Å². The molecule has 6 heteroatoms. The standard InChI is InChI=1S/C20H25N3O3/c1-14-12-23(13-15(2)26-14)10-9-19(24)21-22-20(25)18-8-7-16-5-3-4-6-17(16)11-18/h3-8,11,14-15H,9-10,12-13H2,1-2H3,(H,21,24)(H,22,25)/t14-,15-/m1/s1. The summed E-state index contributed by atoms with van der Waals surface area (Å²) in [5.74, 6) is -0.524. The average Bonchev–Trinajstić information content (AvgIpc) is 2.63. The lowest BCUT2D eigenvalue weighted by atomic mass is 10.1. The first-order chi connectivity index (χ1) is 12.5. The first-order valence-electron chi connectivity index (χ1n) is 8.97. The molecule has 138 valence electrons. The van der Waals surface area contributed by atoms with Gasteiger partial charge in [0.2, 0.25) is 5.91 Å². The van der Waals surface area contributed by atoms with E-state index in [1.165, 1.54) is 0 Å². The van der Waals surface area contributed by atoms with Crippen molar-refractivity contribution in [2.24, 2.45) is 0 Å². The van der Waals surface area contributed by atoms with Crippen LogP contribution in [-0.2, 0) is 9.53 Å². The molecular formula is C20H25N3O3. The van der Waals surface area contributed by atoms with Crippen molar-refractivity contribution in [3.8, 4) is 0 Å². The number of rotatable bonds is 4. The fourth-order valence-corrected chi connectivity index (χ4v) is 3.32. The minimum absolute atomic E-state index is 0.175. The Balaban J connectivity index is 1.46. The number of fused-ring (bicyclic) bond motifs is 1. The molecule has 2 N–H and O–H groups in total. The van der Waals surface area contributed by atoms with Crippen molar-refractivity contribution in [1.29, 1.82) is 0 Å². The molecule has 0 aliphatic carbocycles. The molecule has 0 saturated carbocycles. The molecular weight excluding hydrogens is 330 g/mol. The lowest BCUT2D eigenvalue weighted by Gasteiger charge is -2.35. The second kappa shape index (κ2) is 8.29. The Labute approximate surface area is 153 Å². The number of hydrazine groups is 1. The molecule has 26 heavy (non-hydrogen) atoms. The number of amides is 2. The molecule has 0 unspecified atom stereocenters. The van der Waals surface area contributed by atoms with Gasteiger partial charge in [-0.1, -0.05) is 30.3 Å².